The molecular weight excluding hydrogens is 321 g/mol. The average Bonchev–Trinajstić information content (AvgIpc) is 2.59. The lowest BCUT2D eigenvalue weighted by Gasteiger charge is -2.37. The molecule has 7 heteroatoms. The first kappa shape index (κ1) is 16.1. The molecule has 1 saturated heterocycles. The van der Waals surface area contributed by atoms with Gasteiger partial charge in [0.15, 0.2) is 0 Å². The summed E-state index contributed by atoms with van der Waals surface area (Å²) >= 11 is 0. The van der Waals surface area contributed by atoms with Crippen molar-refractivity contribution in [3.63, 3.8) is 0 Å². The zero-order valence-electron chi connectivity index (χ0n) is 14.0. The minimum absolute atomic E-state index is 0.215. The van der Waals surface area contributed by atoms with E-state index in [2.05, 4.69) is 19.8 Å². The molecule has 1 saturated carbocycles. The summed E-state index contributed by atoms with van der Waals surface area (Å²) in [5, 5.41) is 9.51. The maximum absolute atomic E-state index is 13.1. The zero-order chi connectivity index (χ0) is 17.4. The SMILES string of the molecule is Nc1nc(C2CC(O)C2)cc(N2CCN(c3ccc(F)cc3)CC2)n1. The van der Waals surface area contributed by atoms with Gasteiger partial charge in [-0.2, -0.15) is 4.98 Å². The Bertz CT molecular complexity index is 740. The number of halogens is 1. The lowest BCUT2D eigenvalue weighted by Crippen LogP contribution is -2.47. The van der Waals surface area contributed by atoms with Gasteiger partial charge in [0, 0.05) is 43.9 Å². The summed E-state index contributed by atoms with van der Waals surface area (Å²) in [7, 11) is 0. The van der Waals surface area contributed by atoms with E-state index in [1.54, 1.807) is 0 Å². The van der Waals surface area contributed by atoms with Crippen LogP contribution in [0.15, 0.2) is 30.3 Å². The largest absolute Gasteiger partial charge is 0.393 e. The van der Waals surface area contributed by atoms with Crippen molar-refractivity contribution in [2.45, 2.75) is 24.9 Å². The molecule has 0 atom stereocenters. The van der Waals surface area contributed by atoms with E-state index in [9.17, 15) is 9.50 Å². The Hall–Kier alpha value is -2.41. The maximum atomic E-state index is 13.1. The minimum atomic E-state index is -0.219. The molecule has 2 aliphatic rings. The van der Waals surface area contributed by atoms with Gasteiger partial charge in [-0.05, 0) is 37.1 Å². The Labute approximate surface area is 146 Å². The molecule has 2 aromatic rings. The summed E-state index contributed by atoms with van der Waals surface area (Å²) < 4.78 is 13.1. The number of anilines is 3. The highest BCUT2D eigenvalue weighted by Gasteiger charge is 2.31. The van der Waals surface area contributed by atoms with Crippen molar-refractivity contribution >= 4 is 17.5 Å². The second-order valence-electron chi connectivity index (χ2n) is 6.78. The lowest BCUT2D eigenvalue weighted by atomic mass is 9.80. The Balaban J connectivity index is 1.44. The number of rotatable bonds is 3. The average molecular weight is 343 g/mol. The van der Waals surface area contributed by atoms with E-state index in [4.69, 9.17) is 5.73 Å². The van der Waals surface area contributed by atoms with Gasteiger partial charge in [-0.25, -0.2) is 9.37 Å². The minimum Gasteiger partial charge on any atom is -0.393 e. The van der Waals surface area contributed by atoms with E-state index >= 15 is 0 Å². The van der Waals surface area contributed by atoms with Gasteiger partial charge in [0.05, 0.1) is 11.8 Å². The summed E-state index contributed by atoms with van der Waals surface area (Å²) in [5.74, 6) is 1.20. The fourth-order valence-electron chi connectivity index (χ4n) is 3.52. The van der Waals surface area contributed by atoms with Gasteiger partial charge >= 0.3 is 0 Å². The number of aliphatic hydroxyl groups is 1. The van der Waals surface area contributed by atoms with Crippen molar-refractivity contribution in [3.05, 3.63) is 41.8 Å². The van der Waals surface area contributed by atoms with Crippen LogP contribution in [0.2, 0.25) is 0 Å². The van der Waals surface area contributed by atoms with Gasteiger partial charge < -0.3 is 20.6 Å². The smallest absolute Gasteiger partial charge is 0.222 e. The number of nitrogens with zero attached hydrogens (tertiary/aromatic N) is 4. The molecule has 3 N–H and O–H groups in total. The number of nitrogen functional groups attached to an aromatic ring is 1. The Morgan fingerprint density at radius 2 is 1.64 bits per heavy atom. The quantitative estimate of drug-likeness (QED) is 0.884. The number of piperazine rings is 1. The maximum Gasteiger partial charge on any atom is 0.222 e. The predicted octanol–water partition coefficient (Wildman–Crippen LogP) is 1.76. The summed E-state index contributed by atoms with van der Waals surface area (Å²) in [4.78, 5) is 13.2. The third kappa shape index (κ3) is 3.37. The van der Waals surface area contributed by atoms with Gasteiger partial charge in [-0.3, -0.25) is 0 Å². The van der Waals surface area contributed by atoms with Crippen molar-refractivity contribution in [1.29, 1.82) is 0 Å². The van der Waals surface area contributed by atoms with Crippen molar-refractivity contribution in [2.24, 2.45) is 0 Å². The normalized spacial score (nSPS) is 23.4. The van der Waals surface area contributed by atoms with Crippen molar-refractivity contribution in [2.75, 3.05) is 41.7 Å². The molecule has 25 heavy (non-hydrogen) atoms. The van der Waals surface area contributed by atoms with E-state index in [-0.39, 0.29) is 23.8 Å². The van der Waals surface area contributed by atoms with Crippen LogP contribution in [-0.2, 0) is 0 Å². The third-order valence-electron chi connectivity index (χ3n) is 5.08. The molecule has 2 fully saturated rings. The number of aliphatic hydroxyl groups excluding tert-OH is 1. The zero-order valence-corrected chi connectivity index (χ0v) is 14.0. The first-order valence-corrected chi connectivity index (χ1v) is 8.66. The monoisotopic (exact) mass is 343 g/mol. The highest BCUT2D eigenvalue weighted by Crippen LogP contribution is 2.37. The molecule has 0 amide bonds. The van der Waals surface area contributed by atoms with Gasteiger partial charge in [0.2, 0.25) is 5.95 Å². The second kappa shape index (κ2) is 6.48. The fourth-order valence-corrected chi connectivity index (χ4v) is 3.52. The molecule has 6 nitrogen and oxygen atoms in total. The van der Waals surface area contributed by atoms with E-state index in [0.717, 1.165) is 56.2 Å². The number of hydrogen-bond donors (Lipinski definition) is 2. The van der Waals surface area contributed by atoms with Crippen LogP contribution in [0.1, 0.15) is 24.5 Å². The Morgan fingerprint density at radius 1 is 1.00 bits per heavy atom. The summed E-state index contributed by atoms with van der Waals surface area (Å²) in [6.45, 7) is 3.32. The number of benzene rings is 1. The summed E-state index contributed by atoms with van der Waals surface area (Å²) in [6, 6.07) is 8.61. The van der Waals surface area contributed by atoms with Crippen LogP contribution in [0.5, 0.6) is 0 Å². The van der Waals surface area contributed by atoms with Crippen LogP contribution >= 0.6 is 0 Å². The van der Waals surface area contributed by atoms with Gasteiger partial charge in [0.1, 0.15) is 11.6 Å². The first-order valence-electron chi connectivity index (χ1n) is 8.66. The van der Waals surface area contributed by atoms with Crippen LogP contribution < -0.4 is 15.5 Å². The molecule has 0 unspecified atom stereocenters. The van der Waals surface area contributed by atoms with Gasteiger partial charge in [-0.15, -0.1) is 0 Å². The number of aromatic nitrogens is 2. The molecule has 2 heterocycles. The Kier molecular flexibility index (Phi) is 4.17. The molecule has 1 aromatic carbocycles. The van der Waals surface area contributed by atoms with Crippen LogP contribution in [0.3, 0.4) is 0 Å². The molecule has 0 radical (unpaired) electrons. The molecular formula is C18H22FN5O. The predicted molar refractivity (Wildman–Crippen MR) is 95.3 cm³/mol. The first-order chi connectivity index (χ1) is 12.1. The number of hydrogen-bond acceptors (Lipinski definition) is 6. The summed E-state index contributed by atoms with van der Waals surface area (Å²) in [5.41, 5.74) is 7.85. The van der Waals surface area contributed by atoms with Gasteiger partial charge in [-0.1, -0.05) is 0 Å². The lowest BCUT2D eigenvalue weighted by molar-refractivity contribution is 0.0732. The van der Waals surface area contributed by atoms with Crippen LogP contribution in [-0.4, -0.2) is 47.4 Å². The molecule has 0 spiro atoms. The number of nitrogens with two attached hydrogens (primary N) is 1. The van der Waals surface area contributed by atoms with Crippen molar-refractivity contribution in [3.8, 4) is 0 Å². The fraction of sp³-hybridized carbons (Fsp3) is 0.444. The van der Waals surface area contributed by atoms with Crippen LogP contribution in [0.25, 0.3) is 0 Å². The highest BCUT2D eigenvalue weighted by atomic mass is 19.1. The highest BCUT2D eigenvalue weighted by molar-refractivity contribution is 5.50. The Morgan fingerprint density at radius 3 is 2.28 bits per heavy atom. The third-order valence-corrected chi connectivity index (χ3v) is 5.08. The van der Waals surface area contributed by atoms with Crippen LogP contribution in [0, 0.1) is 5.82 Å². The van der Waals surface area contributed by atoms with E-state index in [1.807, 2.05) is 18.2 Å². The molecule has 4 rings (SSSR count). The van der Waals surface area contributed by atoms with Crippen LogP contribution in [0.4, 0.5) is 21.8 Å². The standard InChI is InChI=1S/C18H22FN5O/c19-13-1-3-14(4-2-13)23-5-7-24(8-6-23)17-11-16(21-18(20)22-17)12-9-15(25)10-12/h1-4,11-12,15,25H,5-10H2,(H2,20,21,22). The molecule has 1 aliphatic carbocycles. The van der Waals surface area contributed by atoms with E-state index in [1.165, 1.54) is 12.1 Å². The van der Waals surface area contributed by atoms with Gasteiger partial charge in [0.25, 0.3) is 0 Å². The van der Waals surface area contributed by atoms with Crippen molar-refractivity contribution < 1.29 is 9.50 Å². The molecule has 0 bridgehead atoms. The topological polar surface area (TPSA) is 78.5 Å². The molecule has 1 aromatic heterocycles. The van der Waals surface area contributed by atoms with Crippen molar-refractivity contribution in [1.82, 2.24) is 9.97 Å². The summed E-state index contributed by atoms with van der Waals surface area (Å²) in [6.07, 6.45) is 1.27. The molecule has 1 aliphatic heterocycles. The van der Waals surface area contributed by atoms with E-state index in [0.29, 0.717) is 0 Å². The molecule has 132 valence electrons. The second-order valence-corrected chi connectivity index (χ2v) is 6.78. The van der Waals surface area contributed by atoms with E-state index < -0.39 is 0 Å².